The summed E-state index contributed by atoms with van der Waals surface area (Å²) in [6.07, 6.45) is 0.906. The molecular formula is C12H22N2O5S. The number of carbonyl (C=O) groups excluding carboxylic acids is 1. The molecule has 0 saturated carbocycles. The predicted molar refractivity (Wildman–Crippen MR) is 72.0 cm³/mol. The van der Waals surface area contributed by atoms with Crippen molar-refractivity contribution in [3.8, 4) is 0 Å². The van der Waals surface area contributed by atoms with Gasteiger partial charge in [0.2, 0.25) is 0 Å². The minimum absolute atomic E-state index is 0.167. The molecule has 0 aromatic carbocycles. The average molecular weight is 306 g/mol. The number of hydrogen-bond acceptors (Lipinski definition) is 5. The summed E-state index contributed by atoms with van der Waals surface area (Å²) in [6.45, 7) is 3.30. The van der Waals surface area contributed by atoms with Gasteiger partial charge < -0.3 is 9.84 Å². The molecule has 2 aliphatic heterocycles. The van der Waals surface area contributed by atoms with Crippen LogP contribution < -0.4 is 0 Å². The third-order valence-electron chi connectivity index (χ3n) is 3.85. The van der Waals surface area contributed by atoms with E-state index in [1.54, 1.807) is 6.92 Å². The van der Waals surface area contributed by atoms with Gasteiger partial charge in [0.1, 0.15) is 0 Å². The maximum atomic E-state index is 12.4. The van der Waals surface area contributed by atoms with Crippen molar-refractivity contribution in [3.05, 3.63) is 0 Å². The maximum Gasteiger partial charge on any atom is 0.309 e. The largest absolute Gasteiger partial charge is 0.466 e. The predicted octanol–water partition coefficient (Wildman–Crippen LogP) is -0.427. The Morgan fingerprint density at radius 1 is 1.20 bits per heavy atom. The van der Waals surface area contributed by atoms with Gasteiger partial charge in [-0.15, -0.1) is 0 Å². The Morgan fingerprint density at radius 3 is 2.30 bits per heavy atom. The summed E-state index contributed by atoms with van der Waals surface area (Å²) < 4.78 is 32.4. The van der Waals surface area contributed by atoms with Crippen molar-refractivity contribution in [1.82, 2.24) is 8.61 Å². The van der Waals surface area contributed by atoms with Gasteiger partial charge in [0.25, 0.3) is 10.2 Å². The van der Waals surface area contributed by atoms with E-state index in [-0.39, 0.29) is 18.4 Å². The Bertz CT molecular complexity index is 445. The standard InChI is InChI=1S/C12H22N2O5S/c1-2-19-12(16)10-3-6-13(7-4-10)20(17,18)14-8-5-11(15)9-14/h10-11,15H,2-9H2,1H3. The summed E-state index contributed by atoms with van der Waals surface area (Å²) in [7, 11) is -3.50. The van der Waals surface area contributed by atoms with E-state index in [4.69, 9.17) is 4.74 Å². The first-order chi connectivity index (χ1) is 9.45. The lowest BCUT2D eigenvalue weighted by Gasteiger charge is -2.32. The first-order valence-corrected chi connectivity index (χ1v) is 8.44. The summed E-state index contributed by atoms with van der Waals surface area (Å²) >= 11 is 0. The lowest BCUT2D eigenvalue weighted by Crippen LogP contribution is -2.47. The molecule has 1 N–H and O–H groups in total. The van der Waals surface area contributed by atoms with Gasteiger partial charge in [-0.3, -0.25) is 4.79 Å². The first-order valence-electron chi connectivity index (χ1n) is 7.05. The van der Waals surface area contributed by atoms with Crippen molar-refractivity contribution in [2.75, 3.05) is 32.8 Å². The summed E-state index contributed by atoms with van der Waals surface area (Å²) in [5.41, 5.74) is 0. The van der Waals surface area contributed by atoms with Crippen molar-refractivity contribution >= 4 is 16.2 Å². The molecule has 0 aliphatic carbocycles. The highest BCUT2D eigenvalue weighted by Gasteiger charge is 2.38. The minimum atomic E-state index is -3.50. The van der Waals surface area contributed by atoms with E-state index < -0.39 is 16.3 Å². The molecule has 0 aromatic rings. The molecule has 0 amide bonds. The summed E-state index contributed by atoms with van der Waals surface area (Å²) in [5, 5.41) is 9.45. The van der Waals surface area contributed by atoms with Gasteiger partial charge >= 0.3 is 5.97 Å². The zero-order chi connectivity index (χ0) is 14.8. The molecule has 1 atom stereocenters. The summed E-state index contributed by atoms with van der Waals surface area (Å²) in [5.74, 6) is -0.438. The number of aliphatic hydroxyl groups excluding tert-OH is 1. The second kappa shape index (κ2) is 6.38. The van der Waals surface area contributed by atoms with Crippen LogP contribution in [-0.2, 0) is 19.7 Å². The zero-order valence-electron chi connectivity index (χ0n) is 11.7. The van der Waals surface area contributed by atoms with Crippen LogP contribution >= 0.6 is 0 Å². The zero-order valence-corrected chi connectivity index (χ0v) is 12.5. The lowest BCUT2D eigenvalue weighted by atomic mass is 9.98. The second-order valence-electron chi connectivity index (χ2n) is 5.23. The van der Waals surface area contributed by atoms with Gasteiger partial charge in [-0.25, -0.2) is 0 Å². The highest BCUT2D eigenvalue weighted by atomic mass is 32.2. The van der Waals surface area contributed by atoms with Crippen LogP contribution in [0.2, 0.25) is 0 Å². The number of piperidine rings is 1. The third-order valence-corrected chi connectivity index (χ3v) is 5.85. The van der Waals surface area contributed by atoms with Crippen LogP contribution in [0.15, 0.2) is 0 Å². The van der Waals surface area contributed by atoms with E-state index in [0.29, 0.717) is 45.5 Å². The Kier molecular flexibility index (Phi) is 5.00. The van der Waals surface area contributed by atoms with Crippen LogP contribution in [0.25, 0.3) is 0 Å². The van der Waals surface area contributed by atoms with E-state index >= 15 is 0 Å². The van der Waals surface area contributed by atoms with Crippen molar-refractivity contribution in [2.24, 2.45) is 5.92 Å². The first kappa shape index (κ1) is 15.7. The van der Waals surface area contributed by atoms with Gasteiger partial charge in [-0.05, 0) is 26.2 Å². The SMILES string of the molecule is CCOC(=O)C1CCN(S(=O)(=O)N2CCC(O)C2)CC1. The molecule has 0 aromatic heterocycles. The molecule has 2 heterocycles. The number of β-amino-alcohol motifs (C(OH)–C–C–N with tert-alkyl or cyclic N) is 1. The molecule has 2 fully saturated rings. The van der Waals surface area contributed by atoms with Gasteiger partial charge in [-0.1, -0.05) is 0 Å². The number of carbonyl (C=O) groups is 1. The number of hydrogen-bond donors (Lipinski definition) is 1. The van der Waals surface area contributed by atoms with E-state index in [1.807, 2.05) is 0 Å². The van der Waals surface area contributed by atoms with E-state index in [1.165, 1.54) is 8.61 Å². The molecular weight excluding hydrogens is 284 g/mol. The highest BCUT2D eigenvalue weighted by Crippen LogP contribution is 2.24. The van der Waals surface area contributed by atoms with Crippen LogP contribution in [0.3, 0.4) is 0 Å². The van der Waals surface area contributed by atoms with E-state index in [9.17, 15) is 18.3 Å². The molecule has 1 unspecified atom stereocenters. The molecule has 0 bridgehead atoms. The van der Waals surface area contributed by atoms with Crippen molar-refractivity contribution in [1.29, 1.82) is 0 Å². The summed E-state index contributed by atoms with van der Waals surface area (Å²) in [4.78, 5) is 11.6. The quantitative estimate of drug-likeness (QED) is 0.712. The minimum Gasteiger partial charge on any atom is -0.466 e. The van der Waals surface area contributed by atoms with Crippen molar-refractivity contribution in [3.63, 3.8) is 0 Å². The maximum absolute atomic E-state index is 12.4. The number of rotatable bonds is 4. The number of esters is 1. The third kappa shape index (κ3) is 3.30. The Balaban J connectivity index is 1.91. The average Bonchev–Trinajstić information content (AvgIpc) is 2.86. The Hall–Kier alpha value is -0.700. The van der Waals surface area contributed by atoms with Crippen LogP contribution in [0.4, 0.5) is 0 Å². The Labute approximate surface area is 119 Å². The van der Waals surface area contributed by atoms with Crippen LogP contribution in [0.5, 0.6) is 0 Å². The molecule has 2 aliphatic rings. The highest BCUT2D eigenvalue weighted by molar-refractivity contribution is 7.86. The molecule has 2 saturated heterocycles. The van der Waals surface area contributed by atoms with Gasteiger partial charge in [0.05, 0.1) is 18.6 Å². The monoisotopic (exact) mass is 306 g/mol. The molecule has 0 radical (unpaired) electrons. The fraction of sp³-hybridized carbons (Fsp3) is 0.917. The van der Waals surface area contributed by atoms with Crippen molar-refractivity contribution in [2.45, 2.75) is 32.3 Å². The molecule has 7 nitrogen and oxygen atoms in total. The van der Waals surface area contributed by atoms with Crippen LogP contribution in [0, 0.1) is 5.92 Å². The van der Waals surface area contributed by atoms with Crippen molar-refractivity contribution < 1.29 is 23.1 Å². The van der Waals surface area contributed by atoms with Crippen LogP contribution in [0.1, 0.15) is 26.2 Å². The molecule has 2 rings (SSSR count). The summed E-state index contributed by atoms with van der Waals surface area (Å²) in [6, 6.07) is 0. The smallest absolute Gasteiger partial charge is 0.309 e. The van der Waals surface area contributed by atoms with E-state index in [0.717, 1.165) is 0 Å². The molecule has 8 heteroatoms. The lowest BCUT2D eigenvalue weighted by molar-refractivity contribution is -0.149. The molecule has 20 heavy (non-hydrogen) atoms. The molecule has 0 spiro atoms. The number of aliphatic hydroxyl groups is 1. The second-order valence-corrected chi connectivity index (χ2v) is 7.16. The number of nitrogens with zero attached hydrogens (tertiary/aromatic N) is 2. The fourth-order valence-corrected chi connectivity index (χ4v) is 4.36. The van der Waals surface area contributed by atoms with E-state index in [2.05, 4.69) is 0 Å². The van der Waals surface area contributed by atoms with Gasteiger partial charge in [-0.2, -0.15) is 17.0 Å². The normalized spacial score (nSPS) is 26.8. The van der Waals surface area contributed by atoms with Crippen LogP contribution in [-0.4, -0.2) is 67.0 Å². The molecule has 116 valence electrons. The van der Waals surface area contributed by atoms with Gasteiger partial charge in [0, 0.05) is 26.2 Å². The topological polar surface area (TPSA) is 87.2 Å². The van der Waals surface area contributed by atoms with Gasteiger partial charge in [0.15, 0.2) is 0 Å². The fourth-order valence-electron chi connectivity index (χ4n) is 2.67. The number of ether oxygens (including phenoxy) is 1. The Morgan fingerprint density at radius 2 is 1.80 bits per heavy atom.